The fraction of sp³-hybridized carbons (Fsp3) is 0.333. The predicted molar refractivity (Wildman–Crippen MR) is 115 cm³/mol. The summed E-state index contributed by atoms with van der Waals surface area (Å²) in [6.45, 7) is 1.93. The van der Waals surface area contributed by atoms with Gasteiger partial charge in [-0.25, -0.2) is 4.98 Å². The molecule has 1 aliphatic heterocycles. The lowest BCUT2D eigenvalue weighted by Crippen LogP contribution is -2.47. The third-order valence-electron chi connectivity index (χ3n) is 5.88. The van der Waals surface area contributed by atoms with Crippen molar-refractivity contribution in [1.29, 1.82) is 0 Å². The normalized spacial score (nSPS) is 21.7. The van der Waals surface area contributed by atoms with E-state index in [0.717, 1.165) is 6.42 Å². The van der Waals surface area contributed by atoms with Crippen molar-refractivity contribution in [2.24, 2.45) is 11.8 Å². The number of nitrogens with one attached hydrogen (secondary N) is 1. The summed E-state index contributed by atoms with van der Waals surface area (Å²) in [5.74, 6) is 0.326. The first-order chi connectivity index (χ1) is 14.9. The average molecular weight is 483 g/mol. The summed E-state index contributed by atoms with van der Waals surface area (Å²) in [6, 6.07) is 6.45. The van der Waals surface area contributed by atoms with Crippen LogP contribution in [0.1, 0.15) is 23.8 Å². The van der Waals surface area contributed by atoms with Gasteiger partial charge in [0.05, 0.1) is 11.7 Å². The lowest BCUT2D eigenvalue weighted by Gasteiger charge is -2.26. The van der Waals surface area contributed by atoms with Crippen LogP contribution in [0.3, 0.4) is 0 Å². The number of likely N-dealkylation sites (tertiary alicyclic amines) is 1. The number of amides is 2. The highest BCUT2D eigenvalue weighted by atomic mass is 79.9. The molecule has 0 radical (unpaired) electrons. The van der Waals surface area contributed by atoms with Crippen LogP contribution in [0.5, 0.6) is 0 Å². The highest BCUT2D eigenvalue weighted by Gasteiger charge is 2.56. The van der Waals surface area contributed by atoms with Crippen molar-refractivity contribution in [3.05, 3.63) is 47.0 Å². The van der Waals surface area contributed by atoms with E-state index in [1.54, 1.807) is 41.6 Å². The molecule has 1 aliphatic carbocycles. The molecule has 158 valence electrons. The summed E-state index contributed by atoms with van der Waals surface area (Å²) in [7, 11) is 0. The van der Waals surface area contributed by atoms with Crippen molar-refractivity contribution in [2.45, 2.75) is 25.9 Å². The highest BCUT2D eigenvalue weighted by Crippen LogP contribution is 2.49. The van der Waals surface area contributed by atoms with E-state index in [2.05, 4.69) is 36.3 Å². The lowest BCUT2D eigenvalue weighted by molar-refractivity contribution is -0.138. The SMILES string of the molecule is CC(=O)c1nn(CC(=O)N2C[C@H]3C[C@H]3[C@H]2C(=O)Nc2cccc(Br)n2)c2cnccc12. The predicted octanol–water partition coefficient (Wildman–Crippen LogP) is 2.28. The van der Waals surface area contributed by atoms with E-state index in [1.165, 1.54) is 11.6 Å². The second kappa shape index (κ2) is 7.52. The summed E-state index contributed by atoms with van der Waals surface area (Å²) in [4.78, 5) is 48.1. The van der Waals surface area contributed by atoms with Crippen LogP contribution in [-0.4, -0.2) is 54.8 Å². The van der Waals surface area contributed by atoms with E-state index in [0.29, 0.717) is 39.5 Å². The zero-order valence-electron chi connectivity index (χ0n) is 16.7. The topological polar surface area (TPSA) is 110 Å². The fourth-order valence-corrected chi connectivity index (χ4v) is 4.70. The minimum absolute atomic E-state index is 0.0617. The zero-order valence-corrected chi connectivity index (χ0v) is 18.2. The van der Waals surface area contributed by atoms with Crippen LogP contribution >= 0.6 is 15.9 Å². The number of carbonyl (C=O) groups excluding carboxylic acids is 3. The number of hydrogen-bond donors (Lipinski definition) is 1. The Balaban J connectivity index is 1.37. The number of anilines is 1. The number of fused-ring (bicyclic) bond motifs is 2. The van der Waals surface area contributed by atoms with Gasteiger partial charge in [0.2, 0.25) is 11.8 Å². The Kier molecular flexibility index (Phi) is 4.81. The molecule has 2 fully saturated rings. The van der Waals surface area contributed by atoms with Crippen LogP contribution in [0.4, 0.5) is 5.82 Å². The highest BCUT2D eigenvalue weighted by molar-refractivity contribution is 9.10. The number of piperidine rings is 1. The van der Waals surface area contributed by atoms with E-state index in [4.69, 9.17) is 0 Å². The maximum Gasteiger partial charge on any atom is 0.248 e. The third-order valence-corrected chi connectivity index (χ3v) is 6.32. The van der Waals surface area contributed by atoms with Crippen LogP contribution in [0, 0.1) is 11.8 Å². The molecular formula is C21H19BrN6O3. The van der Waals surface area contributed by atoms with Gasteiger partial charge in [0.1, 0.15) is 28.7 Å². The molecule has 2 amide bonds. The fourth-order valence-electron chi connectivity index (χ4n) is 4.36. The Morgan fingerprint density at radius 2 is 2.10 bits per heavy atom. The van der Waals surface area contributed by atoms with Crippen LogP contribution in [-0.2, 0) is 16.1 Å². The van der Waals surface area contributed by atoms with Crippen molar-refractivity contribution in [2.75, 3.05) is 11.9 Å². The van der Waals surface area contributed by atoms with Gasteiger partial charge >= 0.3 is 0 Å². The van der Waals surface area contributed by atoms with Gasteiger partial charge in [0, 0.05) is 25.1 Å². The molecule has 2 aliphatic rings. The number of rotatable bonds is 5. The lowest BCUT2D eigenvalue weighted by atomic mass is 10.1. The molecule has 3 aromatic heterocycles. The second-order valence-electron chi connectivity index (χ2n) is 7.94. The smallest absolute Gasteiger partial charge is 0.248 e. The second-order valence-corrected chi connectivity index (χ2v) is 8.75. The number of carbonyl (C=O) groups is 3. The average Bonchev–Trinajstić information content (AvgIpc) is 3.24. The van der Waals surface area contributed by atoms with Gasteiger partial charge in [-0.15, -0.1) is 0 Å². The van der Waals surface area contributed by atoms with Crippen molar-refractivity contribution in [3.8, 4) is 0 Å². The Labute approximate surface area is 186 Å². The molecule has 0 spiro atoms. The largest absolute Gasteiger partial charge is 0.328 e. The van der Waals surface area contributed by atoms with E-state index >= 15 is 0 Å². The number of hydrogen-bond acceptors (Lipinski definition) is 6. The van der Waals surface area contributed by atoms with Gasteiger partial charge in [0.15, 0.2) is 5.78 Å². The summed E-state index contributed by atoms with van der Waals surface area (Å²) in [6.07, 6.45) is 4.12. The van der Waals surface area contributed by atoms with Gasteiger partial charge in [0.25, 0.3) is 0 Å². The summed E-state index contributed by atoms with van der Waals surface area (Å²) in [5, 5.41) is 7.83. The molecule has 4 heterocycles. The number of nitrogens with zero attached hydrogens (tertiary/aromatic N) is 5. The molecular weight excluding hydrogens is 464 g/mol. The molecule has 31 heavy (non-hydrogen) atoms. The van der Waals surface area contributed by atoms with E-state index in [-0.39, 0.29) is 30.1 Å². The number of aromatic nitrogens is 4. The first-order valence-corrected chi connectivity index (χ1v) is 10.8. The maximum atomic E-state index is 13.2. The first-order valence-electron chi connectivity index (χ1n) is 9.96. The molecule has 3 aromatic rings. The quantitative estimate of drug-likeness (QED) is 0.441. The molecule has 0 bridgehead atoms. The Hall–Kier alpha value is -3.14. The van der Waals surface area contributed by atoms with Crippen LogP contribution in [0.25, 0.3) is 10.9 Å². The summed E-state index contributed by atoms with van der Waals surface area (Å²) >= 11 is 3.29. The van der Waals surface area contributed by atoms with E-state index in [9.17, 15) is 14.4 Å². The van der Waals surface area contributed by atoms with Crippen molar-refractivity contribution < 1.29 is 14.4 Å². The number of Topliss-reactive ketones (excluding diaryl/α,β-unsaturated/α-hetero) is 1. The minimum atomic E-state index is -0.537. The zero-order chi connectivity index (χ0) is 21.7. The Morgan fingerprint density at radius 1 is 1.26 bits per heavy atom. The molecule has 9 nitrogen and oxygen atoms in total. The molecule has 0 unspecified atom stereocenters. The number of pyridine rings is 2. The minimum Gasteiger partial charge on any atom is -0.328 e. The van der Waals surface area contributed by atoms with Crippen molar-refractivity contribution in [1.82, 2.24) is 24.6 Å². The van der Waals surface area contributed by atoms with Gasteiger partial charge in [-0.2, -0.15) is 5.10 Å². The molecule has 5 rings (SSSR count). The van der Waals surface area contributed by atoms with Gasteiger partial charge in [-0.3, -0.25) is 24.0 Å². The van der Waals surface area contributed by atoms with Crippen molar-refractivity contribution >= 4 is 50.2 Å². The van der Waals surface area contributed by atoms with E-state index in [1.807, 2.05) is 0 Å². The number of halogens is 1. The van der Waals surface area contributed by atoms with E-state index < -0.39 is 6.04 Å². The van der Waals surface area contributed by atoms with Crippen molar-refractivity contribution in [3.63, 3.8) is 0 Å². The molecule has 3 atom stereocenters. The van der Waals surface area contributed by atoms with Crippen LogP contribution in [0.15, 0.2) is 41.3 Å². The molecule has 1 N–H and O–H groups in total. The first kappa shape index (κ1) is 19.8. The Morgan fingerprint density at radius 3 is 2.87 bits per heavy atom. The van der Waals surface area contributed by atoms with Crippen LogP contribution in [0.2, 0.25) is 0 Å². The molecule has 1 saturated carbocycles. The monoisotopic (exact) mass is 482 g/mol. The molecule has 10 heteroatoms. The van der Waals surface area contributed by atoms with Gasteiger partial charge in [-0.1, -0.05) is 6.07 Å². The van der Waals surface area contributed by atoms with Gasteiger partial charge < -0.3 is 10.2 Å². The molecule has 0 aromatic carbocycles. The summed E-state index contributed by atoms with van der Waals surface area (Å²) < 4.78 is 2.12. The maximum absolute atomic E-state index is 13.2. The number of ketones is 1. The summed E-state index contributed by atoms with van der Waals surface area (Å²) in [5.41, 5.74) is 0.925. The standard InChI is InChI=1S/C21H19BrN6O3/c1-11(29)19-13-5-6-23-8-15(13)28(26-19)10-18(30)27-9-12-7-14(12)20(27)21(31)25-17-4-2-3-16(22)24-17/h2-6,8,12,14,20H,7,9-10H2,1H3,(H,24,25,31)/t12-,14-,20+/m1/s1. The van der Waals surface area contributed by atoms with Crippen LogP contribution < -0.4 is 5.32 Å². The third kappa shape index (κ3) is 3.60. The molecule has 1 saturated heterocycles. The Bertz CT molecular complexity index is 1220. The van der Waals surface area contributed by atoms with Gasteiger partial charge in [-0.05, 0) is 52.4 Å².